The van der Waals surface area contributed by atoms with E-state index >= 15 is 0 Å². The van der Waals surface area contributed by atoms with Crippen molar-refractivity contribution in [3.8, 4) is 17.0 Å². The Kier molecular flexibility index (Phi) is 1.63. The van der Waals surface area contributed by atoms with Crippen LogP contribution in [0.5, 0.6) is 5.75 Å². The predicted molar refractivity (Wildman–Crippen MR) is 58.1 cm³/mol. The summed E-state index contributed by atoms with van der Waals surface area (Å²) in [6.07, 6.45) is 0.962. The second kappa shape index (κ2) is 2.86. The third-order valence-corrected chi connectivity index (χ3v) is 3.01. The monoisotopic (exact) mass is 200 g/mol. The van der Waals surface area contributed by atoms with E-state index in [4.69, 9.17) is 4.74 Å². The maximum atomic E-state index is 5.22. The van der Waals surface area contributed by atoms with E-state index in [1.54, 1.807) is 7.11 Å². The third-order valence-electron chi connectivity index (χ3n) is 3.01. The Morgan fingerprint density at radius 1 is 1.40 bits per heavy atom. The van der Waals surface area contributed by atoms with Gasteiger partial charge in [0.15, 0.2) is 0 Å². The number of methoxy groups -OCH3 is 1. The number of nitrogens with one attached hydrogen (secondary N) is 1. The summed E-state index contributed by atoms with van der Waals surface area (Å²) in [5, 5.41) is 7.35. The summed E-state index contributed by atoms with van der Waals surface area (Å²) in [4.78, 5) is 0. The Hall–Kier alpha value is -1.77. The molecule has 1 N–H and O–H groups in total. The maximum Gasteiger partial charge on any atom is 0.119 e. The van der Waals surface area contributed by atoms with Gasteiger partial charge in [-0.1, -0.05) is 0 Å². The van der Waals surface area contributed by atoms with E-state index in [2.05, 4.69) is 29.3 Å². The predicted octanol–water partition coefficient (Wildman–Crippen LogP) is 2.30. The van der Waals surface area contributed by atoms with Gasteiger partial charge in [0.05, 0.1) is 12.8 Å². The highest BCUT2D eigenvalue weighted by Crippen LogP contribution is 2.37. The Morgan fingerprint density at radius 3 is 3.07 bits per heavy atom. The van der Waals surface area contributed by atoms with Gasteiger partial charge >= 0.3 is 0 Å². The lowest BCUT2D eigenvalue weighted by Crippen LogP contribution is -1.87. The van der Waals surface area contributed by atoms with Crippen molar-refractivity contribution in [1.82, 2.24) is 10.2 Å². The lowest BCUT2D eigenvalue weighted by Gasteiger charge is -2.02. The first-order valence-corrected chi connectivity index (χ1v) is 5.00. The average molecular weight is 200 g/mol. The van der Waals surface area contributed by atoms with E-state index in [1.807, 2.05) is 6.07 Å². The molecule has 3 heteroatoms. The largest absolute Gasteiger partial charge is 0.497 e. The van der Waals surface area contributed by atoms with E-state index in [-0.39, 0.29) is 0 Å². The molecule has 0 aliphatic heterocycles. The van der Waals surface area contributed by atoms with Crippen LogP contribution in [-0.2, 0) is 6.42 Å². The van der Waals surface area contributed by atoms with Gasteiger partial charge in [0, 0.05) is 23.2 Å². The Morgan fingerprint density at radius 2 is 2.27 bits per heavy atom. The van der Waals surface area contributed by atoms with Crippen LogP contribution in [0.1, 0.15) is 16.8 Å². The van der Waals surface area contributed by atoms with Crippen molar-refractivity contribution >= 4 is 0 Å². The van der Waals surface area contributed by atoms with Gasteiger partial charge in [-0.05, 0) is 30.7 Å². The molecule has 0 fully saturated rings. The van der Waals surface area contributed by atoms with E-state index in [9.17, 15) is 0 Å². The summed E-state index contributed by atoms with van der Waals surface area (Å²) >= 11 is 0. The van der Waals surface area contributed by atoms with E-state index in [1.165, 1.54) is 22.4 Å². The first kappa shape index (κ1) is 8.53. The van der Waals surface area contributed by atoms with Crippen LogP contribution in [0.2, 0.25) is 0 Å². The molecule has 76 valence electrons. The first-order valence-electron chi connectivity index (χ1n) is 5.00. The van der Waals surface area contributed by atoms with Crippen molar-refractivity contribution in [2.45, 2.75) is 13.3 Å². The number of aryl methyl sites for hydroxylation is 1. The van der Waals surface area contributed by atoms with Crippen LogP contribution in [0.15, 0.2) is 18.2 Å². The van der Waals surface area contributed by atoms with Gasteiger partial charge in [0.1, 0.15) is 5.75 Å². The van der Waals surface area contributed by atoms with Crippen LogP contribution in [0.4, 0.5) is 0 Å². The number of aromatic nitrogens is 2. The minimum atomic E-state index is 0.917. The molecule has 0 saturated heterocycles. The highest BCUT2D eigenvalue weighted by molar-refractivity contribution is 5.74. The number of aromatic amines is 1. The van der Waals surface area contributed by atoms with Crippen LogP contribution in [0.25, 0.3) is 11.3 Å². The number of nitrogens with zero attached hydrogens (tertiary/aromatic N) is 1. The van der Waals surface area contributed by atoms with Crippen molar-refractivity contribution < 1.29 is 4.74 Å². The molecule has 0 spiro atoms. The molecule has 3 nitrogen and oxygen atoms in total. The molecule has 0 saturated carbocycles. The van der Waals surface area contributed by atoms with Crippen molar-refractivity contribution in [3.05, 3.63) is 35.0 Å². The minimum Gasteiger partial charge on any atom is -0.497 e. The zero-order chi connectivity index (χ0) is 10.4. The highest BCUT2D eigenvalue weighted by Gasteiger charge is 2.23. The molecule has 1 aromatic carbocycles. The molecule has 2 aromatic rings. The second-order valence-electron chi connectivity index (χ2n) is 3.88. The number of ether oxygens (including phenoxy) is 1. The van der Waals surface area contributed by atoms with Crippen LogP contribution < -0.4 is 4.74 Å². The highest BCUT2D eigenvalue weighted by atomic mass is 16.5. The quantitative estimate of drug-likeness (QED) is 0.654. The normalized spacial score (nSPS) is 12.4. The fourth-order valence-corrected chi connectivity index (χ4v) is 2.16. The SMILES string of the molecule is COc1ccc2c(c1)Cc1c-2n[nH]c1C. The molecule has 1 aliphatic carbocycles. The summed E-state index contributed by atoms with van der Waals surface area (Å²) in [5.74, 6) is 0.917. The Labute approximate surface area is 88.1 Å². The summed E-state index contributed by atoms with van der Waals surface area (Å²) in [7, 11) is 1.70. The zero-order valence-corrected chi connectivity index (χ0v) is 8.79. The second-order valence-corrected chi connectivity index (χ2v) is 3.88. The van der Waals surface area contributed by atoms with Crippen LogP contribution >= 0.6 is 0 Å². The summed E-state index contributed by atoms with van der Waals surface area (Å²) < 4.78 is 5.22. The Bertz CT molecular complexity index is 528. The lowest BCUT2D eigenvalue weighted by atomic mass is 10.1. The van der Waals surface area contributed by atoms with Crippen LogP contribution in [-0.4, -0.2) is 17.3 Å². The minimum absolute atomic E-state index is 0.917. The van der Waals surface area contributed by atoms with E-state index in [0.717, 1.165) is 17.9 Å². The molecule has 0 atom stereocenters. The molecule has 0 bridgehead atoms. The van der Waals surface area contributed by atoms with Gasteiger partial charge in [0.2, 0.25) is 0 Å². The summed E-state index contributed by atoms with van der Waals surface area (Å²) in [6.45, 7) is 2.06. The number of rotatable bonds is 1. The lowest BCUT2D eigenvalue weighted by molar-refractivity contribution is 0.414. The number of benzene rings is 1. The number of fused-ring (bicyclic) bond motifs is 3. The number of hydrogen-bond acceptors (Lipinski definition) is 2. The molecular weight excluding hydrogens is 188 g/mol. The maximum absolute atomic E-state index is 5.22. The van der Waals surface area contributed by atoms with Crippen LogP contribution in [0, 0.1) is 6.92 Å². The molecule has 0 radical (unpaired) electrons. The van der Waals surface area contributed by atoms with E-state index in [0.29, 0.717) is 0 Å². The van der Waals surface area contributed by atoms with Crippen molar-refractivity contribution in [2.75, 3.05) is 7.11 Å². The van der Waals surface area contributed by atoms with Gasteiger partial charge in [-0.2, -0.15) is 5.10 Å². The number of H-pyrrole nitrogens is 1. The zero-order valence-electron chi connectivity index (χ0n) is 8.79. The summed E-state index contributed by atoms with van der Waals surface area (Å²) in [6, 6.07) is 6.16. The van der Waals surface area contributed by atoms with Crippen molar-refractivity contribution in [2.24, 2.45) is 0 Å². The van der Waals surface area contributed by atoms with Gasteiger partial charge in [-0.3, -0.25) is 5.10 Å². The van der Waals surface area contributed by atoms with Gasteiger partial charge in [0.25, 0.3) is 0 Å². The fourth-order valence-electron chi connectivity index (χ4n) is 2.16. The van der Waals surface area contributed by atoms with Crippen LogP contribution in [0.3, 0.4) is 0 Å². The molecule has 1 aliphatic rings. The van der Waals surface area contributed by atoms with Crippen molar-refractivity contribution in [3.63, 3.8) is 0 Å². The van der Waals surface area contributed by atoms with Gasteiger partial charge < -0.3 is 4.74 Å². The third kappa shape index (κ3) is 1.09. The fraction of sp³-hybridized carbons (Fsp3) is 0.250. The molecule has 3 rings (SSSR count). The topological polar surface area (TPSA) is 37.9 Å². The molecule has 15 heavy (non-hydrogen) atoms. The first-order chi connectivity index (χ1) is 7.29. The average Bonchev–Trinajstić information content (AvgIpc) is 2.78. The standard InChI is InChI=1S/C12H12N2O/c1-7-11-6-8-5-9(15-2)3-4-10(8)12(11)14-13-7/h3-5H,6H2,1-2H3,(H,13,14). The smallest absolute Gasteiger partial charge is 0.119 e. The molecular formula is C12H12N2O. The Balaban J connectivity index is 2.18. The molecule has 1 heterocycles. The molecule has 0 amide bonds. The van der Waals surface area contributed by atoms with Gasteiger partial charge in [-0.25, -0.2) is 0 Å². The number of hydrogen-bond donors (Lipinski definition) is 1. The molecule has 1 aromatic heterocycles. The molecule has 0 unspecified atom stereocenters. The summed E-state index contributed by atoms with van der Waals surface area (Å²) in [5.41, 5.74) is 6.13. The van der Waals surface area contributed by atoms with Gasteiger partial charge in [-0.15, -0.1) is 0 Å². The van der Waals surface area contributed by atoms with E-state index < -0.39 is 0 Å². The van der Waals surface area contributed by atoms with Crippen molar-refractivity contribution in [1.29, 1.82) is 0 Å².